The topological polar surface area (TPSA) is 20.2 Å². The van der Waals surface area contributed by atoms with Gasteiger partial charge in [0.2, 0.25) is 0 Å². The molecule has 0 atom stereocenters. The van der Waals surface area contributed by atoms with Crippen LogP contribution in [0.3, 0.4) is 0 Å². The molecule has 0 aromatic rings. The van der Waals surface area contributed by atoms with E-state index in [4.69, 9.17) is 5.11 Å². The van der Waals surface area contributed by atoms with Crippen LogP contribution in [0.4, 0.5) is 0 Å². The number of rotatable bonds is 3. The van der Waals surface area contributed by atoms with Crippen molar-refractivity contribution in [1.29, 1.82) is 0 Å². The highest BCUT2D eigenvalue weighted by Crippen LogP contribution is 1.95. The van der Waals surface area contributed by atoms with Gasteiger partial charge in [-0.3, -0.25) is 0 Å². The molecule has 1 nitrogen and oxygen atoms in total. The molecular weight excluding hydrogens is 100 g/mol. The molecule has 0 rings (SSSR count). The fraction of sp³-hybridized carbons (Fsp3) is 0.714. The minimum Gasteiger partial charge on any atom is -0.462 e. The summed E-state index contributed by atoms with van der Waals surface area (Å²) in [6.45, 7) is 2.15. The zero-order valence-electron chi connectivity index (χ0n) is 5.28. The second-order valence-corrected chi connectivity index (χ2v) is 1.75. The average Bonchev–Trinajstić information content (AvgIpc) is 1.81. The zero-order valence-corrected chi connectivity index (χ0v) is 5.28. The molecule has 1 N–H and O–H groups in total. The summed E-state index contributed by atoms with van der Waals surface area (Å²) >= 11 is 0. The van der Waals surface area contributed by atoms with Crippen molar-refractivity contribution >= 4 is 0 Å². The molecular formula is C7H12O. The van der Waals surface area contributed by atoms with Gasteiger partial charge in [-0.2, -0.15) is 0 Å². The third kappa shape index (κ3) is 5.36. The molecule has 0 fully saturated rings. The summed E-state index contributed by atoms with van der Waals surface area (Å²) in [6, 6.07) is 0. The minimum atomic E-state index is 0.838. The van der Waals surface area contributed by atoms with E-state index in [1.54, 1.807) is 0 Å². The molecule has 8 heavy (non-hydrogen) atoms. The van der Waals surface area contributed by atoms with Crippen molar-refractivity contribution < 1.29 is 5.11 Å². The molecule has 1 heteroatoms. The SMILES string of the molecule is CCCCCC#CO. The number of hydrogen-bond acceptors (Lipinski definition) is 1. The van der Waals surface area contributed by atoms with Gasteiger partial charge in [-0.05, 0) is 6.42 Å². The summed E-state index contributed by atoms with van der Waals surface area (Å²) in [4.78, 5) is 0. The van der Waals surface area contributed by atoms with Gasteiger partial charge in [0, 0.05) is 6.42 Å². The third-order valence-electron chi connectivity index (χ3n) is 0.984. The van der Waals surface area contributed by atoms with E-state index in [1.807, 2.05) is 6.11 Å². The molecule has 0 aliphatic rings. The first kappa shape index (κ1) is 7.36. The first-order chi connectivity index (χ1) is 3.91. The van der Waals surface area contributed by atoms with E-state index < -0.39 is 0 Å². The van der Waals surface area contributed by atoms with Crippen LogP contribution < -0.4 is 0 Å². The summed E-state index contributed by atoms with van der Waals surface area (Å²) in [7, 11) is 0. The summed E-state index contributed by atoms with van der Waals surface area (Å²) < 4.78 is 0. The maximum absolute atomic E-state index is 8.00. The standard InChI is InChI=1S/C7H12O/c1-2-3-4-5-6-7-8/h8H,2-5H2,1H3. The van der Waals surface area contributed by atoms with Crippen LogP contribution in [0.15, 0.2) is 0 Å². The molecule has 0 aliphatic carbocycles. The lowest BCUT2D eigenvalue weighted by Gasteiger charge is -1.86. The monoisotopic (exact) mass is 112 g/mol. The van der Waals surface area contributed by atoms with Crippen LogP contribution in [0.2, 0.25) is 0 Å². The predicted molar refractivity (Wildman–Crippen MR) is 33.9 cm³/mol. The van der Waals surface area contributed by atoms with E-state index >= 15 is 0 Å². The highest BCUT2D eigenvalue weighted by Gasteiger charge is 1.79. The van der Waals surface area contributed by atoms with Crippen molar-refractivity contribution in [2.45, 2.75) is 32.6 Å². The molecule has 0 unspecified atom stereocenters. The van der Waals surface area contributed by atoms with Crippen LogP contribution >= 0.6 is 0 Å². The van der Waals surface area contributed by atoms with Crippen molar-refractivity contribution in [2.24, 2.45) is 0 Å². The van der Waals surface area contributed by atoms with Crippen molar-refractivity contribution in [3.63, 3.8) is 0 Å². The Labute approximate surface area is 50.7 Å². The first-order valence-electron chi connectivity index (χ1n) is 3.03. The van der Waals surface area contributed by atoms with E-state index in [0.717, 1.165) is 12.8 Å². The Bertz CT molecular complexity index is 86.3. The lowest BCUT2D eigenvalue weighted by atomic mass is 10.2. The first-order valence-corrected chi connectivity index (χ1v) is 3.03. The van der Waals surface area contributed by atoms with Crippen LogP contribution in [-0.2, 0) is 0 Å². The van der Waals surface area contributed by atoms with Crippen molar-refractivity contribution in [2.75, 3.05) is 0 Å². The largest absolute Gasteiger partial charge is 0.462 e. The van der Waals surface area contributed by atoms with E-state index in [-0.39, 0.29) is 0 Å². The summed E-state index contributed by atoms with van der Waals surface area (Å²) in [6.07, 6.45) is 6.26. The Kier molecular flexibility index (Phi) is 5.85. The molecule has 0 bridgehead atoms. The third-order valence-corrected chi connectivity index (χ3v) is 0.984. The normalized spacial score (nSPS) is 7.62. The molecule has 0 spiro atoms. The van der Waals surface area contributed by atoms with Crippen molar-refractivity contribution in [1.82, 2.24) is 0 Å². The van der Waals surface area contributed by atoms with Crippen molar-refractivity contribution in [3.05, 3.63) is 0 Å². The lowest BCUT2D eigenvalue weighted by Crippen LogP contribution is -1.70. The Morgan fingerprint density at radius 3 is 2.62 bits per heavy atom. The van der Waals surface area contributed by atoms with E-state index in [1.165, 1.54) is 12.8 Å². The number of aliphatic hydroxyl groups is 1. The lowest BCUT2D eigenvalue weighted by molar-refractivity contribution is 0.515. The smallest absolute Gasteiger partial charge is 0.107 e. The molecule has 46 valence electrons. The van der Waals surface area contributed by atoms with Crippen molar-refractivity contribution in [3.8, 4) is 12.0 Å². The van der Waals surface area contributed by atoms with Crippen LogP contribution in [-0.4, -0.2) is 5.11 Å². The number of unbranched alkanes of at least 4 members (excludes halogenated alkanes) is 3. The number of aliphatic hydroxyl groups excluding tert-OH is 1. The Balaban J connectivity index is 2.79. The van der Waals surface area contributed by atoms with Gasteiger partial charge in [0.1, 0.15) is 6.11 Å². The van der Waals surface area contributed by atoms with Gasteiger partial charge in [0.05, 0.1) is 0 Å². The Morgan fingerprint density at radius 2 is 2.12 bits per heavy atom. The van der Waals surface area contributed by atoms with E-state index in [2.05, 4.69) is 12.8 Å². The molecule has 0 heterocycles. The fourth-order valence-electron chi connectivity index (χ4n) is 0.519. The van der Waals surface area contributed by atoms with Crippen LogP contribution in [0, 0.1) is 12.0 Å². The molecule has 0 amide bonds. The zero-order chi connectivity index (χ0) is 6.24. The number of hydrogen-bond donors (Lipinski definition) is 1. The predicted octanol–water partition coefficient (Wildman–Crippen LogP) is 1.90. The second-order valence-electron chi connectivity index (χ2n) is 1.75. The van der Waals surface area contributed by atoms with Crippen LogP contribution in [0.1, 0.15) is 32.6 Å². The maximum Gasteiger partial charge on any atom is 0.107 e. The van der Waals surface area contributed by atoms with Gasteiger partial charge >= 0.3 is 0 Å². The van der Waals surface area contributed by atoms with Gasteiger partial charge in [-0.25, -0.2) is 0 Å². The second kappa shape index (κ2) is 6.36. The van der Waals surface area contributed by atoms with Gasteiger partial charge < -0.3 is 5.11 Å². The molecule has 0 aromatic carbocycles. The van der Waals surface area contributed by atoms with E-state index in [0.29, 0.717) is 0 Å². The van der Waals surface area contributed by atoms with Gasteiger partial charge in [0.15, 0.2) is 0 Å². The molecule has 0 saturated heterocycles. The van der Waals surface area contributed by atoms with Gasteiger partial charge in [-0.1, -0.05) is 25.7 Å². The summed E-state index contributed by atoms with van der Waals surface area (Å²) in [5, 5.41) is 8.00. The molecule has 0 aromatic heterocycles. The van der Waals surface area contributed by atoms with Crippen LogP contribution in [0.5, 0.6) is 0 Å². The van der Waals surface area contributed by atoms with E-state index in [9.17, 15) is 0 Å². The summed E-state index contributed by atoms with van der Waals surface area (Å²) in [5.74, 6) is 2.59. The Hall–Kier alpha value is -0.640. The maximum atomic E-state index is 8.00. The van der Waals surface area contributed by atoms with Crippen LogP contribution in [0.25, 0.3) is 0 Å². The van der Waals surface area contributed by atoms with Gasteiger partial charge in [0.25, 0.3) is 0 Å². The Morgan fingerprint density at radius 1 is 1.38 bits per heavy atom. The quantitative estimate of drug-likeness (QED) is 0.436. The molecule has 0 aliphatic heterocycles. The van der Waals surface area contributed by atoms with Gasteiger partial charge in [-0.15, -0.1) is 0 Å². The fourth-order valence-corrected chi connectivity index (χ4v) is 0.519. The average molecular weight is 112 g/mol. The highest BCUT2D eigenvalue weighted by molar-refractivity contribution is 4.88. The molecule has 0 radical (unpaired) electrons. The molecule has 0 saturated carbocycles. The highest BCUT2D eigenvalue weighted by atomic mass is 16.2. The minimum absolute atomic E-state index is 0.838. The summed E-state index contributed by atoms with van der Waals surface area (Å²) in [5.41, 5.74) is 0.